The van der Waals surface area contributed by atoms with Gasteiger partial charge in [-0.05, 0) is 25.7 Å². The Hall–Kier alpha value is -1.92. The maximum Gasteiger partial charge on any atom is 0.360 e. The quantitative estimate of drug-likeness (QED) is 0.728. The predicted octanol–water partition coefficient (Wildman–Crippen LogP) is 0.886. The van der Waals surface area contributed by atoms with Crippen LogP contribution in [0.4, 0.5) is 0 Å². The van der Waals surface area contributed by atoms with E-state index in [1.165, 1.54) is 4.68 Å². The van der Waals surface area contributed by atoms with Crippen LogP contribution in [0, 0.1) is 5.92 Å². The zero-order valence-corrected chi connectivity index (χ0v) is 12.8. The second-order valence-electron chi connectivity index (χ2n) is 5.60. The van der Waals surface area contributed by atoms with Gasteiger partial charge in [-0.15, -0.1) is 5.10 Å². The lowest BCUT2D eigenvalue weighted by molar-refractivity contribution is -0.135. The molecule has 1 aliphatic rings. The highest BCUT2D eigenvalue weighted by molar-refractivity contribution is 5.88. The van der Waals surface area contributed by atoms with Gasteiger partial charge in [-0.25, -0.2) is 9.48 Å². The Labute approximate surface area is 124 Å². The van der Waals surface area contributed by atoms with E-state index in [4.69, 9.17) is 4.74 Å². The van der Waals surface area contributed by atoms with Crippen molar-refractivity contribution in [3.63, 3.8) is 0 Å². The van der Waals surface area contributed by atoms with Crippen molar-refractivity contribution in [2.24, 2.45) is 5.92 Å². The molecule has 2 heterocycles. The van der Waals surface area contributed by atoms with Crippen molar-refractivity contribution in [2.75, 3.05) is 19.7 Å². The third kappa shape index (κ3) is 3.59. The second-order valence-corrected chi connectivity index (χ2v) is 5.60. The van der Waals surface area contributed by atoms with Gasteiger partial charge in [0.05, 0.1) is 12.3 Å². The van der Waals surface area contributed by atoms with Crippen molar-refractivity contribution in [2.45, 2.75) is 40.2 Å². The smallest absolute Gasteiger partial charge is 0.360 e. The monoisotopic (exact) mass is 294 g/mol. The standard InChI is InChI=1S/C14H22N4O3/c1-4-21-14(20)13-11(8-10(2)3)18(16-15-13)9-12(19)17-6-5-7-17/h10H,4-9H2,1-3H3. The Morgan fingerprint density at radius 2 is 2.05 bits per heavy atom. The minimum Gasteiger partial charge on any atom is -0.461 e. The third-order valence-corrected chi connectivity index (χ3v) is 3.40. The number of rotatable bonds is 6. The summed E-state index contributed by atoms with van der Waals surface area (Å²) in [6.07, 6.45) is 1.68. The van der Waals surface area contributed by atoms with E-state index in [0.717, 1.165) is 19.5 Å². The van der Waals surface area contributed by atoms with Gasteiger partial charge in [0.25, 0.3) is 0 Å². The number of hydrogen-bond acceptors (Lipinski definition) is 5. The fourth-order valence-corrected chi connectivity index (χ4v) is 2.20. The van der Waals surface area contributed by atoms with E-state index < -0.39 is 5.97 Å². The Morgan fingerprint density at radius 3 is 2.57 bits per heavy atom. The molecular weight excluding hydrogens is 272 g/mol. The van der Waals surface area contributed by atoms with Gasteiger partial charge in [0.15, 0.2) is 5.69 Å². The van der Waals surface area contributed by atoms with Crippen LogP contribution in [-0.2, 0) is 22.5 Å². The second kappa shape index (κ2) is 6.69. The van der Waals surface area contributed by atoms with Crippen molar-refractivity contribution < 1.29 is 14.3 Å². The minimum atomic E-state index is -0.476. The summed E-state index contributed by atoms with van der Waals surface area (Å²) in [4.78, 5) is 25.8. The molecule has 0 aromatic carbocycles. The summed E-state index contributed by atoms with van der Waals surface area (Å²) in [5.41, 5.74) is 0.902. The Morgan fingerprint density at radius 1 is 1.33 bits per heavy atom. The van der Waals surface area contributed by atoms with Gasteiger partial charge in [-0.2, -0.15) is 0 Å². The number of carbonyl (C=O) groups excluding carboxylic acids is 2. The maximum atomic E-state index is 12.1. The molecule has 1 fully saturated rings. The molecule has 0 unspecified atom stereocenters. The van der Waals surface area contributed by atoms with Gasteiger partial charge in [-0.3, -0.25) is 4.79 Å². The summed E-state index contributed by atoms with van der Waals surface area (Å²) in [5, 5.41) is 7.88. The zero-order valence-electron chi connectivity index (χ0n) is 12.8. The molecule has 1 saturated heterocycles. The van der Waals surface area contributed by atoms with E-state index >= 15 is 0 Å². The highest BCUT2D eigenvalue weighted by Gasteiger charge is 2.25. The molecular formula is C14H22N4O3. The first-order valence-corrected chi connectivity index (χ1v) is 7.40. The van der Waals surface area contributed by atoms with Gasteiger partial charge < -0.3 is 9.64 Å². The maximum absolute atomic E-state index is 12.1. The highest BCUT2D eigenvalue weighted by Crippen LogP contribution is 2.14. The van der Waals surface area contributed by atoms with E-state index in [-0.39, 0.29) is 18.1 Å². The first-order chi connectivity index (χ1) is 10.0. The van der Waals surface area contributed by atoms with E-state index in [9.17, 15) is 9.59 Å². The Balaban J connectivity index is 2.18. The van der Waals surface area contributed by atoms with E-state index in [1.807, 2.05) is 13.8 Å². The van der Waals surface area contributed by atoms with Crippen LogP contribution in [0.2, 0.25) is 0 Å². The number of amides is 1. The Kier molecular flexibility index (Phi) is 4.93. The first-order valence-electron chi connectivity index (χ1n) is 7.40. The zero-order chi connectivity index (χ0) is 15.4. The summed E-state index contributed by atoms with van der Waals surface area (Å²) >= 11 is 0. The van der Waals surface area contributed by atoms with Crippen molar-refractivity contribution >= 4 is 11.9 Å². The minimum absolute atomic E-state index is 0.0200. The lowest BCUT2D eigenvalue weighted by Gasteiger charge is -2.30. The number of hydrogen-bond donors (Lipinski definition) is 0. The summed E-state index contributed by atoms with van der Waals surface area (Å²) in [7, 11) is 0. The normalized spacial score (nSPS) is 14.2. The van der Waals surface area contributed by atoms with Gasteiger partial charge in [0, 0.05) is 13.1 Å². The molecule has 0 bridgehead atoms. The molecule has 7 nitrogen and oxygen atoms in total. The SMILES string of the molecule is CCOC(=O)c1nnn(CC(=O)N2CCC2)c1CC(C)C. The molecule has 0 N–H and O–H groups in total. The molecule has 116 valence electrons. The third-order valence-electron chi connectivity index (χ3n) is 3.40. The molecule has 1 aliphatic heterocycles. The van der Waals surface area contributed by atoms with Crippen LogP contribution in [-0.4, -0.2) is 51.5 Å². The lowest BCUT2D eigenvalue weighted by Crippen LogP contribution is -2.44. The van der Waals surface area contributed by atoms with Crippen LogP contribution in [0.25, 0.3) is 0 Å². The summed E-state index contributed by atoms with van der Waals surface area (Å²) < 4.78 is 6.53. The van der Waals surface area contributed by atoms with Crippen LogP contribution in [0.1, 0.15) is 43.4 Å². The van der Waals surface area contributed by atoms with Crippen molar-refractivity contribution in [1.29, 1.82) is 0 Å². The van der Waals surface area contributed by atoms with Crippen molar-refractivity contribution in [1.82, 2.24) is 19.9 Å². The number of esters is 1. The van der Waals surface area contributed by atoms with Crippen LogP contribution >= 0.6 is 0 Å². The molecule has 0 spiro atoms. The van der Waals surface area contributed by atoms with Crippen LogP contribution < -0.4 is 0 Å². The molecule has 21 heavy (non-hydrogen) atoms. The average molecular weight is 294 g/mol. The average Bonchev–Trinajstić information content (AvgIpc) is 2.69. The van der Waals surface area contributed by atoms with Crippen LogP contribution in [0.5, 0.6) is 0 Å². The Bertz CT molecular complexity index is 520. The summed E-state index contributed by atoms with van der Waals surface area (Å²) in [5.74, 6) is -0.128. The number of carbonyl (C=O) groups is 2. The fraction of sp³-hybridized carbons (Fsp3) is 0.714. The van der Waals surface area contributed by atoms with Crippen LogP contribution in [0.15, 0.2) is 0 Å². The number of nitrogens with zero attached hydrogens (tertiary/aromatic N) is 4. The van der Waals surface area contributed by atoms with Crippen molar-refractivity contribution in [3.8, 4) is 0 Å². The number of ether oxygens (including phenoxy) is 1. The molecule has 1 aromatic heterocycles. The predicted molar refractivity (Wildman–Crippen MR) is 75.7 cm³/mol. The van der Waals surface area contributed by atoms with Gasteiger partial charge in [-0.1, -0.05) is 19.1 Å². The molecule has 1 aromatic rings. The summed E-state index contributed by atoms with van der Waals surface area (Å²) in [6.45, 7) is 7.87. The fourth-order valence-electron chi connectivity index (χ4n) is 2.20. The largest absolute Gasteiger partial charge is 0.461 e. The number of likely N-dealkylation sites (tertiary alicyclic amines) is 1. The molecule has 1 amide bonds. The molecule has 0 radical (unpaired) electrons. The van der Waals surface area contributed by atoms with Crippen molar-refractivity contribution in [3.05, 3.63) is 11.4 Å². The topological polar surface area (TPSA) is 77.3 Å². The molecule has 7 heteroatoms. The summed E-state index contributed by atoms with van der Waals surface area (Å²) in [6, 6.07) is 0. The van der Waals surface area contributed by atoms with Crippen LogP contribution in [0.3, 0.4) is 0 Å². The highest BCUT2D eigenvalue weighted by atomic mass is 16.5. The molecule has 0 atom stereocenters. The molecule has 2 rings (SSSR count). The number of aromatic nitrogens is 3. The van der Waals surface area contributed by atoms with Gasteiger partial charge >= 0.3 is 5.97 Å². The molecule has 0 aliphatic carbocycles. The molecule has 0 saturated carbocycles. The lowest BCUT2D eigenvalue weighted by atomic mass is 10.1. The van der Waals surface area contributed by atoms with E-state index in [1.54, 1.807) is 11.8 Å². The van der Waals surface area contributed by atoms with Gasteiger partial charge in [0.2, 0.25) is 5.91 Å². The van der Waals surface area contributed by atoms with E-state index in [2.05, 4.69) is 10.3 Å². The van der Waals surface area contributed by atoms with Gasteiger partial charge in [0.1, 0.15) is 6.54 Å². The van der Waals surface area contributed by atoms with E-state index in [0.29, 0.717) is 24.6 Å². The first kappa shape index (κ1) is 15.5.